The molecule has 0 amide bonds. The molecule has 1 saturated carbocycles. The van der Waals surface area contributed by atoms with Crippen LogP contribution in [0.15, 0.2) is 35.5 Å². The van der Waals surface area contributed by atoms with Crippen LogP contribution in [0.2, 0.25) is 0 Å². The Hall–Kier alpha value is -0.860. The summed E-state index contributed by atoms with van der Waals surface area (Å²) in [7, 11) is 0. The fourth-order valence-corrected chi connectivity index (χ4v) is 1.52. The second-order valence-electron chi connectivity index (χ2n) is 4.07. The van der Waals surface area contributed by atoms with Crippen molar-refractivity contribution in [3.8, 4) is 0 Å². The lowest BCUT2D eigenvalue weighted by Crippen LogP contribution is -2.26. The third kappa shape index (κ3) is 2.82. The largest absolute Gasteiger partial charge is 0.393 e. The molecule has 0 heterocycles. The smallest absolute Gasteiger partial charge is 0.0811 e. The number of rotatable bonds is 1. The average Bonchev–Trinajstić information content (AvgIpc) is 2.08. The lowest BCUT2D eigenvalue weighted by Gasteiger charge is -2.26. The molecule has 0 radical (unpaired) electrons. The number of aliphatic hydroxyl groups excluding tert-OH is 2. The Bertz CT molecular complexity index is 283. The van der Waals surface area contributed by atoms with Gasteiger partial charge in [-0.15, -0.1) is 0 Å². The van der Waals surface area contributed by atoms with Gasteiger partial charge in [0, 0.05) is 6.42 Å². The molecule has 78 valence electrons. The quantitative estimate of drug-likeness (QED) is 0.670. The number of hydrogen-bond acceptors (Lipinski definition) is 2. The topological polar surface area (TPSA) is 40.5 Å². The molecule has 1 aliphatic carbocycles. The van der Waals surface area contributed by atoms with Crippen molar-refractivity contribution in [3.63, 3.8) is 0 Å². The Labute approximate surface area is 85.3 Å². The molecule has 1 rings (SSSR count). The van der Waals surface area contributed by atoms with E-state index in [0.717, 1.165) is 11.1 Å². The lowest BCUT2D eigenvalue weighted by atomic mass is 9.86. The average molecular weight is 194 g/mol. The molecule has 0 aromatic heterocycles. The van der Waals surface area contributed by atoms with Crippen molar-refractivity contribution >= 4 is 0 Å². The molecular weight excluding hydrogens is 176 g/mol. The Kier molecular flexibility index (Phi) is 3.67. The van der Waals surface area contributed by atoms with Crippen molar-refractivity contribution in [1.29, 1.82) is 0 Å². The molecule has 0 bridgehead atoms. The summed E-state index contributed by atoms with van der Waals surface area (Å²) in [5.41, 5.74) is 2.89. The molecular formula is C12H18O2. The van der Waals surface area contributed by atoms with E-state index in [1.165, 1.54) is 5.57 Å². The van der Waals surface area contributed by atoms with Gasteiger partial charge in [0.05, 0.1) is 12.2 Å². The molecule has 2 nitrogen and oxygen atoms in total. The van der Waals surface area contributed by atoms with Gasteiger partial charge in [0.15, 0.2) is 0 Å². The van der Waals surface area contributed by atoms with E-state index < -0.39 is 12.2 Å². The van der Waals surface area contributed by atoms with Gasteiger partial charge in [0.2, 0.25) is 0 Å². The zero-order valence-electron chi connectivity index (χ0n) is 8.83. The van der Waals surface area contributed by atoms with E-state index in [2.05, 4.69) is 6.58 Å². The van der Waals surface area contributed by atoms with Gasteiger partial charge in [-0.2, -0.15) is 0 Å². The second-order valence-corrected chi connectivity index (χ2v) is 4.07. The zero-order valence-corrected chi connectivity index (χ0v) is 8.83. The maximum absolute atomic E-state index is 9.56. The molecule has 2 atom stereocenters. The molecule has 0 aliphatic heterocycles. The zero-order chi connectivity index (χ0) is 10.7. The van der Waals surface area contributed by atoms with Crippen molar-refractivity contribution in [1.82, 2.24) is 0 Å². The van der Waals surface area contributed by atoms with Gasteiger partial charge >= 0.3 is 0 Å². The second kappa shape index (κ2) is 4.58. The van der Waals surface area contributed by atoms with E-state index in [4.69, 9.17) is 0 Å². The van der Waals surface area contributed by atoms with Crippen molar-refractivity contribution in [3.05, 3.63) is 35.5 Å². The van der Waals surface area contributed by atoms with Crippen LogP contribution in [0, 0.1) is 0 Å². The summed E-state index contributed by atoms with van der Waals surface area (Å²) < 4.78 is 0. The van der Waals surface area contributed by atoms with Gasteiger partial charge < -0.3 is 10.2 Å². The Morgan fingerprint density at radius 1 is 1.43 bits per heavy atom. The highest BCUT2D eigenvalue weighted by Gasteiger charge is 2.24. The molecule has 0 aromatic carbocycles. The first-order valence-corrected chi connectivity index (χ1v) is 4.90. The fraction of sp³-hybridized carbons (Fsp3) is 0.500. The van der Waals surface area contributed by atoms with E-state index in [0.29, 0.717) is 12.8 Å². The summed E-state index contributed by atoms with van der Waals surface area (Å²) in [6, 6.07) is 0. The molecule has 0 aromatic rings. The molecule has 2 N–H and O–H groups in total. The summed E-state index contributed by atoms with van der Waals surface area (Å²) in [6.45, 7) is 7.85. The number of aliphatic hydroxyl groups is 2. The first-order chi connectivity index (χ1) is 6.50. The summed E-state index contributed by atoms with van der Waals surface area (Å²) in [5.74, 6) is 0. The maximum Gasteiger partial charge on any atom is 0.0811 e. The summed E-state index contributed by atoms with van der Waals surface area (Å²) >= 11 is 0. The van der Waals surface area contributed by atoms with Crippen LogP contribution in [0.3, 0.4) is 0 Å². The molecule has 0 spiro atoms. The van der Waals surface area contributed by atoms with E-state index >= 15 is 0 Å². The highest BCUT2D eigenvalue weighted by atomic mass is 16.3. The SMILES string of the molecule is C=C1/C(=C/C=C(C)C)C[C@@H](O)C[C@@H]1O. The van der Waals surface area contributed by atoms with Gasteiger partial charge in [0.25, 0.3) is 0 Å². The number of hydrogen-bond donors (Lipinski definition) is 2. The van der Waals surface area contributed by atoms with Gasteiger partial charge in [0.1, 0.15) is 0 Å². The van der Waals surface area contributed by atoms with Crippen molar-refractivity contribution in [2.45, 2.75) is 38.9 Å². The van der Waals surface area contributed by atoms with Crippen molar-refractivity contribution in [2.24, 2.45) is 0 Å². The van der Waals surface area contributed by atoms with E-state index in [1.54, 1.807) is 0 Å². The highest BCUT2D eigenvalue weighted by molar-refractivity contribution is 5.37. The predicted octanol–water partition coefficient (Wildman–Crippen LogP) is 1.95. The third-order valence-corrected chi connectivity index (χ3v) is 2.38. The maximum atomic E-state index is 9.56. The first-order valence-electron chi connectivity index (χ1n) is 4.90. The summed E-state index contributed by atoms with van der Waals surface area (Å²) in [5, 5.41) is 19.0. The van der Waals surface area contributed by atoms with Gasteiger partial charge in [-0.1, -0.05) is 24.3 Å². The van der Waals surface area contributed by atoms with Crippen LogP contribution in [0.4, 0.5) is 0 Å². The van der Waals surface area contributed by atoms with Crippen LogP contribution < -0.4 is 0 Å². The van der Waals surface area contributed by atoms with Crippen LogP contribution in [-0.4, -0.2) is 22.4 Å². The minimum Gasteiger partial charge on any atom is -0.393 e. The van der Waals surface area contributed by atoms with Crippen LogP contribution in [0.25, 0.3) is 0 Å². The van der Waals surface area contributed by atoms with Gasteiger partial charge in [-0.3, -0.25) is 0 Å². The van der Waals surface area contributed by atoms with Crippen molar-refractivity contribution in [2.75, 3.05) is 0 Å². The van der Waals surface area contributed by atoms with Crippen LogP contribution in [-0.2, 0) is 0 Å². The number of allylic oxidation sites excluding steroid dienone is 3. The first kappa shape index (κ1) is 11.2. The predicted molar refractivity (Wildman–Crippen MR) is 57.9 cm³/mol. The highest BCUT2D eigenvalue weighted by Crippen LogP contribution is 2.28. The molecule has 0 saturated heterocycles. The van der Waals surface area contributed by atoms with Crippen LogP contribution in [0.1, 0.15) is 26.7 Å². The van der Waals surface area contributed by atoms with Gasteiger partial charge in [-0.05, 0) is 31.4 Å². The monoisotopic (exact) mass is 194 g/mol. The van der Waals surface area contributed by atoms with Crippen LogP contribution >= 0.6 is 0 Å². The van der Waals surface area contributed by atoms with Crippen LogP contribution in [0.5, 0.6) is 0 Å². The van der Waals surface area contributed by atoms with E-state index in [1.807, 2.05) is 26.0 Å². The summed E-state index contributed by atoms with van der Waals surface area (Å²) in [4.78, 5) is 0. The molecule has 14 heavy (non-hydrogen) atoms. The minimum absolute atomic E-state index is 0.408. The minimum atomic E-state index is -0.587. The lowest BCUT2D eigenvalue weighted by molar-refractivity contribution is 0.0862. The third-order valence-electron chi connectivity index (χ3n) is 2.38. The van der Waals surface area contributed by atoms with Crippen molar-refractivity contribution < 1.29 is 10.2 Å². The standard InChI is InChI=1S/C12H18O2/c1-8(2)4-5-10-6-11(13)7-12(14)9(10)3/h4-5,11-14H,3,6-7H2,1-2H3/b10-5+/t11-,12+/m1/s1. The molecule has 0 unspecified atom stereocenters. The molecule has 2 heteroatoms. The van der Waals surface area contributed by atoms with Gasteiger partial charge in [-0.25, -0.2) is 0 Å². The Morgan fingerprint density at radius 3 is 2.64 bits per heavy atom. The molecule has 1 fully saturated rings. The summed E-state index contributed by atoms with van der Waals surface area (Å²) in [6.07, 6.45) is 3.89. The van der Waals surface area contributed by atoms with E-state index in [9.17, 15) is 10.2 Å². The fourth-order valence-electron chi connectivity index (χ4n) is 1.52. The van der Waals surface area contributed by atoms with E-state index in [-0.39, 0.29) is 0 Å². The normalized spacial score (nSPS) is 30.6. The Morgan fingerprint density at radius 2 is 2.07 bits per heavy atom. The Balaban J connectivity index is 2.81. The molecule has 1 aliphatic rings.